The largest absolute Gasteiger partial charge is 0.369 e. The van der Waals surface area contributed by atoms with Gasteiger partial charge in [-0.3, -0.25) is 19.5 Å². The molecule has 0 aliphatic carbocycles. The third-order valence-electron chi connectivity index (χ3n) is 7.87. The maximum atomic E-state index is 13.8. The van der Waals surface area contributed by atoms with Gasteiger partial charge in [0.1, 0.15) is 0 Å². The number of hydrogen-bond donors (Lipinski definition) is 2. The number of nitrogens with one attached hydrogen (secondary N) is 1. The number of carbonyl (C=O) groups is 1. The van der Waals surface area contributed by atoms with Crippen molar-refractivity contribution in [2.45, 2.75) is 82.8 Å². The number of nitrogens with two attached hydrogens (primary N) is 1. The summed E-state index contributed by atoms with van der Waals surface area (Å²) >= 11 is 0. The predicted octanol–water partition coefficient (Wildman–Crippen LogP) is 3.07. The van der Waals surface area contributed by atoms with Crippen LogP contribution in [0.1, 0.15) is 62.3 Å². The summed E-state index contributed by atoms with van der Waals surface area (Å²) in [5, 5.41) is 0. The molecule has 3 N–H and O–H groups in total. The van der Waals surface area contributed by atoms with Crippen molar-refractivity contribution in [2.24, 2.45) is 0 Å². The molecule has 1 amide bonds. The first kappa shape index (κ1) is 23.5. The number of likely N-dealkylation sites (tertiary alicyclic amines) is 2. The van der Waals surface area contributed by atoms with E-state index in [0.717, 1.165) is 32.2 Å². The average molecular weight is 452 g/mol. The number of rotatable bonds is 5. The van der Waals surface area contributed by atoms with Gasteiger partial charge >= 0.3 is 0 Å². The van der Waals surface area contributed by atoms with E-state index in [0.29, 0.717) is 24.1 Å². The van der Waals surface area contributed by atoms with Crippen molar-refractivity contribution in [3.63, 3.8) is 0 Å². The van der Waals surface area contributed by atoms with E-state index in [1.54, 1.807) is 6.92 Å². The first-order chi connectivity index (χ1) is 15.8. The van der Waals surface area contributed by atoms with Crippen LogP contribution in [0.5, 0.6) is 0 Å². The van der Waals surface area contributed by atoms with E-state index in [9.17, 15) is 9.59 Å². The molecular formula is C26H37N5O2. The second-order valence-corrected chi connectivity index (χ2v) is 10.0. The quantitative estimate of drug-likeness (QED) is 0.728. The van der Waals surface area contributed by atoms with Crippen LogP contribution in [0.2, 0.25) is 0 Å². The number of aromatic nitrogens is 2. The number of aromatic amines is 1. The lowest BCUT2D eigenvalue weighted by molar-refractivity contribution is -0.135. The molecule has 0 bridgehead atoms. The molecule has 2 saturated heterocycles. The van der Waals surface area contributed by atoms with E-state index < -0.39 is 0 Å². The molecule has 0 saturated carbocycles. The zero-order chi connectivity index (χ0) is 23.6. The highest BCUT2D eigenvalue weighted by Gasteiger charge is 2.52. The standard InChI is InChI=1S/C26H37N5O2/c1-18-21(24(33)29-25(27)28-18)13-14-23(32)31-20(16-19-10-6-4-7-11-19)17-26(2)22(31)12-8-5-9-15-30(26)3/h4,6-7,10-11,20,22H,5,8-9,12-17H2,1-3H3,(H3,27,28,29,33)/t20-,22+,26+/m1/s1. The maximum absolute atomic E-state index is 13.8. The summed E-state index contributed by atoms with van der Waals surface area (Å²) in [6.07, 6.45) is 7.10. The fraction of sp³-hybridized carbons (Fsp3) is 0.577. The van der Waals surface area contributed by atoms with E-state index in [1.165, 1.54) is 18.4 Å². The third kappa shape index (κ3) is 4.83. The van der Waals surface area contributed by atoms with Gasteiger partial charge in [-0.1, -0.05) is 43.2 Å². The van der Waals surface area contributed by atoms with Gasteiger partial charge in [-0.15, -0.1) is 0 Å². The van der Waals surface area contributed by atoms with Crippen LogP contribution >= 0.6 is 0 Å². The van der Waals surface area contributed by atoms with Gasteiger partial charge in [0.2, 0.25) is 11.9 Å². The van der Waals surface area contributed by atoms with E-state index in [-0.39, 0.29) is 35.0 Å². The van der Waals surface area contributed by atoms with E-state index >= 15 is 0 Å². The molecule has 4 rings (SSSR count). The molecule has 7 nitrogen and oxygen atoms in total. The molecule has 2 aromatic rings. The van der Waals surface area contributed by atoms with Crippen LogP contribution in [0.3, 0.4) is 0 Å². The minimum atomic E-state index is -0.245. The average Bonchev–Trinajstić information content (AvgIpc) is 3.04. The van der Waals surface area contributed by atoms with Crippen LogP contribution in [-0.2, 0) is 17.6 Å². The van der Waals surface area contributed by atoms with Gasteiger partial charge in [-0.05, 0) is 65.1 Å². The monoisotopic (exact) mass is 451 g/mol. The third-order valence-corrected chi connectivity index (χ3v) is 7.87. The first-order valence-electron chi connectivity index (χ1n) is 12.2. The molecule has 0 spiro atoms. The molecule has 3 atom stereocenters. The lowest BCUT2D eigenvalue weighted by Crippen LogP contribution is -2.55. The Morgan fingerprint density at radius 1 is 1.24 bits per heavy atom. The SMILES string of the molecule is Cc1nc(N)[nH]c(=O)c1CCC(=O)N1[C@H](Cc2ccccc2)C[C@@]2(C)[C@@H]1CCCCCN2C. The van der Waals surface area contributed by atoms with Crippen molar-refractivity contribution in [3.8, 4) is 0 Å². The summed E-state index contributed by atoms with van der Waals surface area (Å²) in [6.45, 7) is 5.19. The van der Waals surface area contributed by atoms with Crippen molar-refractivity contribution >= 4 is 11.9 Å². The number of H-pyrrole nitrogens is 1. The van der Waals surface area contributed by atoms with Gasteiger partial charge in [-0.2, -0.15) is 0 Å². The van der Waals surface area contributed by atoms with Crippen molar-refractivity contribution in [3.05, 3.63) is 57.5 Å². The minimum absolute atomic E-state index is 0.0360. The van der Waals surface area contributed by atoms with E-state index in [1.807, 2.05) is 6.07 Å². The van der Waals surface area contributed by atoms with Crippen LogP contribution in [0.15, 0.2) is 35.1 Å². The van der Waals surface area contributed by atoms with Gasteiger partial charge in [-0.25, -0.2) is 4.98 Å². The molecule has 2 aliphatic heterocycles. The van der Waals surface area contributed by atoms with E-state index in [2.05, 4.69) is 58.0 Å². The van der Waals surface area contributed by atoms with Crippen molar-refractivity contribution < 1.29 is 4.79 Å². The second kappa shape index (κ2) is 9.67. The van der Waals surface area contributed by atoms with Gasteiger partial charge in [0.05, 0.1) is 6.04 Å². The molecule has 3 heterocycles. The summed E-state index contributed by atoms with van der Waals surface area (Å²) < 4.78 is 0. The van der Waals surface area contributed by atoms with Crippen LogP contribution in [0.4, 0.5) is 5.95 Å². The summed E-state index contributed by atoms with van der Waals surface area (Å²) in [6, 6.07) is 10.8. The number of aryl methyl sites for hydroxylation is 1. The van der Waals surface area contributed by atoms with Gasteiger partial charge in [0.15, 0.2) is 0 Å². The lowest BCUT2D eigenvalue weighted by atomic mass is 9.84. The number of nitrogens with zero attached hydrogens (tertiary/aromatic N) is 3. The summed E-state index contributed by atoms with van der Waals surface area (Å²) in [5.41, 5.74) is 7.79. The maximum Gasteiger partial charge on any atom is 0.255 e. The zero-order valence-corrected chi connectivity index (χ0v) is 20.1. The number of benzene rings is 1. The Morgan fingerprint density at radius 3 is 2.73 bits per heavy atom. The molecule has 7 heteroatoms. The fourth-order valence-corrected chi connectivity index (χ4v) is 5.97. The van der Waals surface area contributed by atoms with Gasteiger partial charge in [0.25, 0.3) is 5.56 Å². The van der Waals surface area contributed by atoms with Crippen LogP contribution in [0, 0.1) is 6.92 Å². The van der Waals surface area contributed by atoms with Crippen LogP contribution < -0.4 is 11.3 Å². The molecule has 0 unspecified atom stereocenters. The Balaban J connectivity index is 1.61. The zero-order valence-electron chi connectivity index (χ0n) is 20.1. The molecule has 1 aromatic heterocycles. The number of fused-ring (bicyclic) bond motifs is 1. The molecular weight excluding hydrogens is 414 g/mol. The fourth-order valence-electron chi connectivity index (χ4n) is 5.97. The normalized spacial score (nSPS) is 26.0. The van der Waals surface area contributed by atoms with Gasteiger partial charge < -0.3 is 10.6 Å². The van der Waals surface area contributed by atoms with Gasteiger partial charge in [0, 0.05) is 29.3 Å². The van der Waals surface area contributed by atoms with Crippen molar-refractivity contribution in [1.82, 2.24) is 19.8 Å². The Morgan fingerprint density at radius 2 is 2.00 bits per heavy atom. The number of amides is 1. The lowest BCUT2D eigenvalue weighted by Gasteiger charge is -2.44. The minimum Gasteiger partial charge on any atom is -0.369 e. The topological polar surface area (TPSA) is 95.3 Å². The molecule has 1 aromatic carbocycles. The Kier molecular flexibility index (Phi) is 6.88. The summed E-state index contributed by atoms with van der Waals surface area (Å²) in [5.74, 6) is 0.248. The number of carbonyl (C=O) groups excluding carboxylic acids is 1. The van der Waals surface area contributed by atoms with Crippen LogP contribution in [-0.4, -0.2) is 56.9 Å². The molecule has 2 fully saturated rings. The molecule has 0 radical (unpaired) electrons. The summed E-state index contributed by atoms with van der Waals surface area (Å²) in [4.78, 5) is 37.6. The highest BCUT2D eigenvalue weighted by atomic mass is 16.2. The second-order valence-electron chi connectivity index (χ2n) is 10.0. The Hall–Kier alpha value is -2.67. The molecule has 2 aliphatic rings. The first-order valence-corrected chi connectivity index (χ1v) is 12.2. The number of nitrogen functional groups attached to an aromatic ring is 1. The summed E-state index contributed by atoms with van der Waals surface area (Å²) in [7, 11) is 2.22. The van der Waals surface area contributed by atoms with Crippen LogP contribution in [0.25, 0.3) is 0 Å². The molecule has 178 valence electrons. The molecule has 33 heavy (non-hydrogen) atoms. The van der Waals surface area contributed by atoms with Crippen molar-refractivity contribution in [2.75, 3.05) is 19.3 Å². The van der Waals surface area contributed by atoms with Crippen molar-refractivity contribution in [1.29, 1.82) is 0 Å². The predicted molar refractivity (Wildman–Crippen MR) is 131 cm³/mol. The smallest absolute Gasteiger partial charge is 0.255 e. The number of likely N-dealkylation sites (N-methyl/N-ethyl adjacent to an activating group) is 1. The highest BCUT2D eigenvalue weighted by Crippen LogP contribution is 2.42. The Bertz CT molecular complexity index is 1040. The number of anilines is 1. The number of hydrogen-bond acceptors (Lipinski definition) is 5. The highest BCUT2D eigenvalue weighted by molar-refractivity contribution is 5.78. The Labute approximate surface area is 196 Å². The van der Waals surface area contributed by atoms with E-state index in [4.69, 9.17) is 5.73 Å².